The van der Waals surface area contributed by atoms with Crippen molar-refractivity contribution >= 4 is 0 Å². The number of benzene rings is 1. The molecule has 0 aliphatic heterocycles. The molecule has 2 heterocycles. The van der Waals surface area contributed by atoms with Crippen LogP contribution in [-0.4, -0.2) is 32.5 Å². The van der Waals surface area contributed by atoms with Crippen molar-refractivity contribution in [1.82, 2.24) is 25.4 Å². The predicted molar refractivity (Wildman–Crippen MR) is 78.1 cm³/mol. The molecule has 23 heavy (non-hydrogen) atoms. The summed E-state index contributed by atoms with van der Waals surface area (Å²) in [5.41, 5.74) is 3.09. The first-order valence-electron chi connectivity index (χ1n) is 6.99. The Kier molecular flexibility index (Phi) is 4.16. The SMILES string of the molecule is Cc1nonc1CN(C)Cc1cn[nH]c1-c1ccc(F)cc1F. The summed E-state index contributed by atoms with van der Waals surface area (Å²) in [4.78, 5) is 1.97. The van der Waals surface area contributed by atoms with Gasteiger partial charge in [0.1, 0.15) is 23.0 Å². The molecule has 0 fully saturated rings. The number of nitrogens with one attached hydrogen (secondary N) is 1. The molecule has 0 saturated carbocycles. The number of hydrogen-bond acceptors (Lipinski definition) is 5. The van der Waals surface area contributed by atoms with Crippen LogP contribution in [0.15, 0.2) is 29.0 Å². The van der Waals surface area contributed by atoms with Crippen LogP contribution in [0.5, 0.6) is 0 Å². The van der Waals surface area contributed by atoms with E-state index in [1.165, 1.54) is 12.1 Å². The zero-order valence-electron chi connectivity index (χ0n) is 12.7. The van der Waals surface area contributed by atoms with Gasteiger partial charge in [0.15, 0.2) is 0 Å². The lowest BCUT2D eigenvalue weighted by atomic mass is 10.1. The van der Waals surface area contributed by atoms with E-state index < -0.39 is 11.6 Å². The lowest BCUT2D eigenvalue weighted by Gasteiger charge is -2.15. The highest BCUT2D eigenvalue weighted by Gasteiger charge is 2.15. The van der Waals surface area contributed by atoms with Crippen LogP contribution in [0, 0.1) is 18.6 Å². The smallest absolute Gasteiger partial charge is 0.135 e. The lowest BCUT2D eigenvalue weighted by molar-refractivity contribution is 0.279. The molecule has 0 radical (unpaired) electrons. The molecule has 2 aromatic heterocycles. The van der Waals surface area contributed by atoms with Crippen molar-refractivity contribution in [2.45, 2.75) is 20.0 Å². The first-order valence-corrected chi connectivity index (χ1v) is 6.99. The van der Waals surface area contributed by atoms with Gasteiger partial charge in [-0.3, -0.25) is 10.00 Å². The van der Waals surface area contributed by atoms with E-state index in [2.05, 4.69) is 25.1 Å². The zero-order valence-corrected chi connectivity index (χ0v) is 12.7. The number of H-pyrrole nitrogens is 1. The van der Waals surface area contributed by atoms with Gasteiger partial charge in [0.25, 0.3) is 0 Å². The fraction of sp³-hybridized carbons (Fsp3) is 0.267. The molecular formula is C15H15F2N5O. The van der Waals surface area contributed by atoms with E-state index in [1.54, 1.807) is 6.20 Å². The fourth-order valence-electron chi connectivity index (χ4n) is 2.35. The van der Waals surface area contributed by atoms with Gasteiger partial charge in [-0.25, -0.2) is 13.4 Å². The first kappa shape index (κ1) is 15.3. The highest BCUT2D eigenvalue weighted by atomic mass is 19.1. The van der Waals surface area contributed by atoms with E-state index in [9.17, 15) is 8.78 Å². The molecule has 1 N–H and O–H groups in total. The van der Waals surface area contributed by atoms with Crippen molar-refractivity contribution in [3.63, 3.8) is 0 Å². The van der Waals surface area contributed by atoms with E-state index >= 15 is 0 Å². The minimum atomic E-state index is -0.630. The third-order valence-corrected chi connectivity index (χ3v) is 3.52. The molecule has 120 valence electrons. The molecule has 0 aliphatic rings. The monoisotopic (exact) mass is 319 g/mol. The summed E-state index contributed by atoms with van der Waals surface area (Å²) in [6.45, 7) is 2.86. The van der Waals surface area contributed by atoms with Crippen LogP contribution in [0.4, 0.5) is 8.78 Å². The van der Waals surface area contributed by atoms with Crippen molar-refractivity contribution in [1.29, 1.82) is 0 Å². The molecule has 0 unspecified atom stereocenters. The molecular weight excluding hydrogens is 304 g/mol. The Morgan fingerprint density at radius 2 is 2.04 bits per heavy atom. The quantitative estimate of drug-likeness (QED) is 0.783. The van der Waals surface area contributed by atoms with Crippen LogP contribution in [0.25, 0.3) is 11.3 Å². The Labute approximate surface area is 131 Å². The molecule has 0 atom stereocenters. The largest absolute Gasteiger partial charge is 0.296 e. The Bertz CT molecular complexity index is 814. The number of hydrogen-bond donors (Lipinski definition) is 1. The summed E-state index contributed by atoms with van der Waals surface area (Å²) >= 11 is 0. The summed E-state index contributed by atoms with van der Waals surface area (Å²) < 4.78 is 31.7. The van der Waals surface area contributed by atoms with Crippen LogP contribution in [0.2, 0.25) is 0 Å². The fourth-order valence-corrected chi connectivity index (χ4v) is 2.35. The van der Waals surface area contributed by atoms with E-state index in [0.717, 1.165) is 23.0 Å². The summed E-state index contributed by atoms with van der Waals surface area (Å²) in [5, 5.41) is 14.3. The van der Waals surface area contributed by atoms with Gasteiger partial charge < -0.3 is 0 Å². The van der Waals surface area contributed by atoms with E-state index in [1.807, 2.05) is 18.9 Å². The maximum atomic E-state index is 14.0. The molecule has 0 saturated heterocycles. The average molecular weight is 319 g/mol. The summed E-state index contributed by atoms with van der Waals surface area (Å²) in [7, 11) is 1.89. The summed E-state index contributed by atoms with van der Waals surface area (Å²) in [5.74, 6) is -1.24. The number of aromatic nitrogens is 4. The Morgan fingerprint density at radius 1 is 1.22 bits per heavy atom. The van der Waals surface area contributed by atoms with Crippen LogP contribution in [-0.2, 0) is 13.1 Å². The molecule has 0 spiro atoms. The van der Waals surface area contributed by atoms with E-state index in [0.29, 0.717) is 18.8 Å². The van der Waals surface area contributed by atoms with Crippen molar-refractivity contribution in [2.24, 2.45) is 0 Å². The van der Waals surface area contributed by atoms with Gasteiger partial charge in [0, 0.05) is 30.3 Å². The molecule has 8 heteroatoms. The van der Waals surface area contributed by atoms with Crippen molar-refractivity contribution in [3.05, 3.63) is 53.0 Å². The van der Waals surface area contributed by atoms with Crippen LogP contribution >= 0.6 is 0 Å². The lowest BCUT2D eigenvalue weighted by Crippen LogP contribution is -2.18. The Morgan fingerprint density at radius 3 is 2.74 bits per heavy atom. The van der Waals surface area contributed by atoms with Crippen LogP contribution < -0.4 is 0 Å². The third kappa shape index (κ3) is 3.26. The number of aromatic amines is 1. The molecule has 3 rings (SSSR count). The molecule has 3 aromatic rings. The highest BCUT2D eigenvalue weighted by molar-refractivity contribution is 5.63. The second-order valence-corrected chi connectivity index (χ2v) is 5.36. The number of halogens is 2. The van der Waals surface area contributed by atoms with Crippen molar-refractivity contribution in [3.8, 4) is 11.3 Å². The highest BCUT2D eigenvalue weighted by Crippen LogP contribution is 2.25. The minimum Gasteiger partial charge on any atom is -0.296 e. The standard InChI is InChI=1S/C15H15F2N5O/c1-9-14(21-23-20-9)8-22(2)7-10-6-18-19-15(10)12-4-3-11(16)5-13(12)17/h3-6H,7-8H2,1-2H3,(H,18,19). The Balaban J connectivity index is 1.79. The van der Waals surface area contributed by atoms with Gasteiger partial charge >= 0.3 is 0 Å². The number of nitrogens with zero attached hydrogens (tertiary/aromatic N) is 4. The van der Waals surface area contributed by atoms with Gasteiger partial charge in [-0.15, -0.1) is 0 Å². The summed E-state index contributed by atoms with van der Waals surface area (Å²) in [6.07, 6.45) is 1.63. The Hall–Kier alpha value is -2.61. The average Bonchev–Trinajstić information content (AvgIpc) is 3.09. The molecule has 1 aromatic carbocycles. The van der Waals surface area contributed by atoms with Crippen LogP contribution in [0.1, 0.15) is 17.0 Å². The van der Waals surface area contributed by atoms with Gasteiger partial charge in [-0.05, 0) is 26.1 Å². The molecule has 6 nitrogen and oxygen atoms in total. The minimum absolute atomic E-state index is 0.284. The second-order valence-electron chi connectivity index (χ2n) is 5.36. The van der Waals surface area contributed by atoms with Crippen LogP contribution in [0.3, 0.4) is 0 Å². The third-order valence-electron chi connectivity index (χ3n) is 3.52. The molecule has 0 amide bonds. The first-order chi connectivity index (χ1) is 11.0. The summed E-state index contributed by atoms with van der Waals surface area (Å²) in [6, 6.07) is 3.47. The van der Waals surface area contributed by atoms with Crippen molar-refractivity contribution < 1.29 is 13.4 Å². The van der Waals surface area contributed by atoms with Gasteiger partial charge in [0.05, 0.1) is 11.9 Å². The maximum absolute atomic E-state index is 14.0. The normalized spacial score (nSPS) is 11.3. The molecule has 0 bridgehead atoms. The van der Waals surface area contributed by atoms with Gasteiger partial charge in [-0.1, -0.05) is 10.3 Å². The van der Waals surface area contributed by atoms with E-state index in [-0.39, 0.29) is 5.56 Å². The second kappa shape index (κ2) is 6.25. The predicted octanol–water partition coefficient (Wildman–Crippen LogP) is 2.68. The van der Waals surface area contributed by atoms with E-state index in [4.69, 9.17) is 0 Å². The maximum Gasteiger partial charge on any atom is 0.135 e. The molecule has 0 aliphatic carbocycles. The van der Waals surface area contributed by atoms with Gasteiger partial charge in [0.2, 0.25) is 0 Å². The van der Waals surface area contributed by atoms with Gasteiger partial charge in [-0.2, -0.15) is 5.10 Å². The number of aryl methyl sites for hydroxylation is 1. The van der Waals surface area contributed by atoms with Crippen molar-refractivity contribution in [2.75, 3.05) is 7.05 Å². The zero-order chi connectivity index (χ0) is 16.4. The topological polar surface area (TPSA) is 70.8 Å². The number of rotatable bonds is 5.